The smallest absolute Gasteiger partial charge is 0.365 e. The molecule has 0 aliphatic carbocycles. The first-order chi connectivity index (χ1) is 9.91. The molecule has 0 amide bonds. The highest BCUT2D eigenvalue weighted by atomic mass is 19.4. The Morgan fingerprint density at radius 2 is 2.10 bits per heavy atom. The molecule has 0 aromatic carbocycles. The van der Waals surface area contributed by atoms with Crippen LogP contribution in [0.2, 0.25) is 0 Å². The number of anilines is 1. The summed E-state index contributed by atoms with van der Waals surface area (Å²) in [6, 6.07) is 3.85. The van der Waals surface area contributed by atoms with Crippen LogP contribution in [-0.2, 0) is 19.1 Å². The maximum Gasteiger partial charge on any atom is 0.433 e. The summed E-state index contributed by atoms with van der Waals surface area (Å²) in [4.78, 5) is 7.92. The molecule has 0 spiro atoms. The van der Waals surface area contributed by atoms with Crippen molar-refractivity contribution in [2.75, 3.05) is 5.32 Å². The molecule has 2 aromatic rings. The molecular weight excluding hydrogens is 283 g/mol. The summed E-state index contributed by atoms with van der Waals surface area (Å²) in [6.07, 6.45) is -2.89. The van der Waals surface area contributed by atoms with Gasteiger partial charge in [0.05, 0.1) is 6.54 Å². The van der Waals surface area contributed by atoms with E-state index in [0.29, 0.717) is 12.4 Å². The average Bonchev–Trinajstić information content (AvgIpc) is 2.77. The number of hydrogen-bond acceptors (Lipinski definition) is 4. The van der Waals surface area contributed by atoms with Gasteiger partial charge in [0.1, 0.15) is 23.2 Å². The zero-order valence-electron chi connectivity index (χ0n) is 11.4. The number of nitrogens with one attached hydrogen (secondary N) is 1. The lowest BCUT2D eigenvalue weighted by atomic mass is 10.1. The Balaban J connectivity index is 1.73. The van der Waals surface area contributed by atoms with Gasteiger partial charge >= 0.3 is 6.18 Å². The van der Waals surface area contributed by atoms with Crippen molar-refractivity contribution in [1.82, 2.24) is 19.7 Å². The van der Waals surface area contributed by atoms with Gasteiger partial charge in [0, 0.05) is 12.5 Å². The van der Waals surface area contributed by atoms with E-state index in [1.165, 1.54) is 12.1 Å². The first-order valence-electron chi connectivity index (χ1n) is 6.63. The Hall–Kier alpha value is -2.12. The third kappa shape index (κ3) is 2.98. The van der Waals surface area contributed by atoms with Crippen molar-refractivity contribution in [3.63, 3.8) is 0 Å². The maximum absolute atomic E-state index is 12.6. The molecule has 8 heteroatoms. The lowest BCUT2D eigenvalue weighted by Gasteiger charge is -2.24. The van der Waals surface area contributed by atoms with Crippen LogP contribution in [0.4, 0.5) is 19.0 Å². The molecule has 0 saturated carbocycles. The van der Waals surface area contributed by atoms with Crippen molar-refractivity contribution in [3.8, 4) is 0 Å². The Kier molecular flexibility index (Phi) is 3.30. The Bertz CT molecular complexity index is 649. The van der Waals surface area contributed by atoms with Gasteiger partial charge in [-0.1, -0.05) is 6.07 Å². The van der Waals surface area contributed by atoms with Crippen LogP contribution in [0.1, 0.15) is 23.8 Å². The van der Waals surface area contributed by atoms with E-state index >= 15 is 0 Å². The normalized spacial score (nSPS) is 18.4. The maximum atomic E-state index is 12.6. The lowest BCUT2D eigenvalue weighted by molar-refractivity contribution is -0.141. The minimum Gasteiger partial charge on any atom is -0.365 e. The summed E-state index contributed by atoms with van der Waals surface area (Å²) >= 11 is 0. The van der Waals surface area contributed by atoms with Crippen molar-refractivity contribution in [1.29, 1.82) is 0 Å². The Morgan fingerprint density at radius 1 is 1.29 bits per heavy atom. The summed E-state index contributed by atoms with van der Waals surface area (Å²) in [5.41, 5.74) is -0.888. The van der Waals surface area contributed by atoms with Crippen LogP contribution in [0, 0.1) is 6.92 Å². The van der Waals surface area contributed by atoms with E-state index in [2.05, 4.69) is 20.4 Å². The topological polar surface area (TPSA) is 55.6 Å². The second-order valence-corrected chi connectivity index (χ2v) is 5.04. The highest BCUT2D eigenvalue weighted by molar-refractivity contribution is 5.37. The van der Waals surface area contributed by atoms with E-state index in [4.69, 9.17) is 0 Å². The van der Waals surface area contributed by atoms with Gasteiger partial charge in [-0.05, 0) is 25.5 Å². The lowest BCUT2D eigenvalue weighted by Crippen LogP contribution is -2.32. The van der Waals surface area contributed by atoms with Crippen LogP contribution in [-0.4, -0.2) is 25.8 Å². The summed E-state index contributed by atoms with van der Waals surface area (Å²) in [5.74, 6) is 1.86. The van der Waals surface area contributed by atoms with E-state index in [9.17, 15) is 13.2 Å². The predicted molar refractivity (Wildman–Crippen MR) is 69.7 cm³/mol. The molecule has 1 aliphatic rings. The van der Waals surface area contributed by atoms with Crippen LogP contribution in [0.15, 0.2) is 18.2 Å². The van der Waals surface area contributed by atoms with E-state index in [-0.39, 0.29) is 11.9 Å². The van der Waals surface area contributed by atoms with E-state index in [1.807, 2.05) is 6.92 Å². The van der Waals surface area contributed by atoms with Crippen LogP contribution >= 0.6 is 0 Å². The molecule has 0 saturated heterocycles. The zero-order valence-corrected chi connectivity index (χ0v) is 11.4. The third-order valence-corrected chi connectivity index (χ3v) is 3.36. The van der Waals surface area contributed by atoms with E-state index in [1.54, 1.807) is 4.68 Å². The molecule has 1 N–H and O–H groups in total. The monoisotopic (exact) mass is 297 g/mol. The molecule has 21 heavy (non-hydrogen) atoms. The Labute approximate surface area is 119 Å². The minimum absolute atomic E-state index is 0.00502. The average molecular weight is 297 g/mol. The second-order valence-electron chi connectivity index (χ2n) is 5.04. The summed E-state index contributed by atoms with van der Waals surface area (Å²) in [7, 11) is 0. The van der Waals surface area contributed by atoms with Gasteiger partial charge in [0.15, 0.2) is 0 Å². The largest absolute Gasteiger partial charge is 0.433 e. The third-order valence-electron chi connectivity index (χ3n) is 3.36. The molecule has 112 valence electrons. The van der Waals surface area contributed by atoms with Gasteiger partial charge in [0.25, 0.3) is 0 Å². The van der Waals surface area contributed by atoms with E-state index < -0.39 is 11.9 Å². The molecule has 1 aliphatic heterocycles. The molecule has 0 bridgehead atoms. The fourth-order valence-corrected chi connectivity index (χ4v) is 2.43. The van der Waals surface area contributed by atoms with Crippen molar-refractivity contribution in [3.05, 3.63) is 35.5 Å². The quantitative estimate of drug-likeness (QED) is 0.925. The summed E-state index contributed by atoms with van der Waals surface area (Å²) < 4.78 is 39.7. The molecule has 1 unspecified atom stereocenters. The molecule has 0 fully saturated rings. The zero-order chi connectivity index (χ0) is 15.0. The summed E-state index contributed by atoms with van der Waals surface area (Å²) in [6.45, 7) is 2.40. The number of aryl methyl sites for hydroxylation is 2. The molecule has 1 atom stereocenters. The van der Waals surface area contributed by atoms with Gasteiger partial charge in [-0.15, -0.1) is 0 Å². The van der Waals surface area contributed by atoms with Crippen molar-refractivity contribution >= 4 is 5.82 Å². The molecule has 0 radical (unpaired) electrons. The van der Waals surface area contributed by atoms with Gasteiger partial charge in [0.2, 0.25) is 0 Å². The van der Waals surface area contributed by atoms with Gasteiger partial charge < -0.3 is 5.32 Å². The van der Waals surface area contributed by atoms with Crippen LogP contribution in [0.3, 0.4) is 0 Å². The van der Waals surface area contributed by atoms with E-state index in [0.717, 1.165) is 24.7 Å². The van der Waals surface area contributed by atoms with Crippen LogP contribution in [0.25, 0.3) is 0 Å². The minimum atomic E-state index is -4.43. The molecule has 3 rings (SSSR count). The fourth-order valence-electron chi connectivity index (χ4n) is 2.43. The number of rotatable bonds is 2. The number of hydrogen-bond donors (Lipinski definition) is 1. The number of pyridine rings is 1. The fraction of sp³-hybridized carbons (Fsp3) is 0.462. The molecule has 2 aromatic heterocycles. The number of alkyl halides is 3. The summed E-state index contributed by atoms with van der Waals surface area (Å²) in [5, 5.41) is 7.31. The van der Waals surface area contributed by atoms with Crippen molar-refractivity contribution < 1.29 is 13.2 Å². The number of nitrogens with zero attached hydrogens (tertiary/aromatic N) is 4. The highest BCUT2D eigenvalue weighted by Crippen LogP contribution is 2.28. The van der Waals surface area contributed by atoms with Crippen LogP contribution < -0.4 is 5.32 Å². The highest BCUT2D eigenvalue weighted by Gasteiger charge is 2.32. The standard InChI is InChI=1S/C13H14F3N5/c1-8-17-12-6-5-9(7-21(12)20-8)18-11-4-2-3-10(19-11)13(14,15)16/h2-4,9H,5-7H2,1H3,(H,18,19). The first-order valence-corrected chi connectivity index (χ1v) is 6.63. The van der Waals surface area contributed by atoms with Crippen molar-refractivity contribution in [2.24, 2.45) is 0 Å². The van der Waals surface area contributed by atoms with Gasteiger partial charge in [-0.3, -0.25) is 0 Å². The van der Waals surface area contributed by atoms with Gasteiger partial charge in [-0.25, -0.2) is 14.6 Å². The van der Waals surface area contributed by atoms with Crippen LogP contribution in [0.5, 0.6) is 0 Å². The molecular formula is C13H14F3N5. The predicted octanol–water partition coefficient (Wildman–Crippen LogP) is 2.43. The molecule has 3 heterocycles. The molecule has 5 nitrogen and oxygen atoms in total. The van der Waals surface area contributed by atoms with Crippen molar-refractivity contribution in [2.45, 2.75) is 38.5 Å². The second kappa shape index (κ2) is 5.01. The SMILES string of the molecule is Cc1nc2n(n1)CC(Nc1cccc(C(F)(F)F)n1)CC2. The number of halogens is 3. The van der Waals surface area contributed by atoms with Gasteiger partial charge in [-0.2, -0.15) is 18.3 Å². The number of aromatic nitrogens is 4. The number of fused-ring (bicyclic) bond motifs is 1. The first kappa shape index (κ1) is 13.8. The Morgan fingerprint density at radius 3 is 2.86 bits per heavy atom.